The second-order valence-corrected chi connectivity index (χ2v) is 3.79. The number of methoxy groups -OCH3 is 1. The first-order valence-corrected chi connectivity index (χ1v) is 4.96. The van der Waals surface area contributed by atoms with Crippen LogP contribution in [-0.4, -0.2) is 18.9 Å². The summed E-state index contributed by atoms with van der Waals surface area (Å²) in [5, 5.41) is 6.17. The number of ether oxygens (including phenoxy) is 2. The van der Waals surface area contributed by atoms with Gasteiger partial charge >= 0.3 is 5.97 Å². The Morgan fingerprint density at radius 3 is 2.62 bits per heavy atom. The Hall–Kier alpha value is -1.91. The van der Waals surface area contributed by atoms with E-state index in [9.17, 15) is 4.79 Å². The lowest BCUT2D eigenvalue weighted by Crippen LogP contribution is -2.42. The van der Waals surface area contributed by atoms with Crippen molar-refractivity contribution in [2.24, 2.45) is 0 Å². The van der Waals surface area contributed by atoms with E-state index in [0.29, 0.717) is 0 Å². The quantitative estimate of drug-likeness (QED) is 0.747. The summed E-state index contributed by atoms with van der Waals surface area (Å²) in [4.78, 5) is 11.0. The zero-order chi connectivity index (χ0) is 11.8. The van der Waals surface area contributed by atoms with Crippen LogP contribution in [0.4, 0.5) is 11.4 Å². The number of fused-ring (bicyclic) bond motifs is 1. The average molecular weight is 222 g/mol. The van der Waals surface area contributed by atoms with Gasteiger partial charge < -0.3 is 20.1 Å². The van der Waals surface area contributed by atoms with Crippen molar-refractivity contribution >= 4 is 17.3 Å². The highest BCUT2D eigenvalue weighted by Crippen LogP contribution is 2.36. The van der Waals surface area contributed by atoms with Gasteiger partial charge in [0.05, 0.1) is 18.5 Å². The number of anilines is 2. The number of rotatable bonds is 2. The van der Waals surface area contributed by atoms with Crippen LogP contribution in [-0.2, 0) is 9.53 Å². The average Bonchev–Trinajstić information content (AvgIpc) is 2.50. The minimum absolute atomic E-state index is 0.345. The van der Waals surface area contributed by atoms with Gasteiger partial charge in [-0.15, -0.1) is 0 Å². The van der Waals surface area contributed by atoms with E-state index in [1.807, 2.05) is 18.2 Å². The van der Waals surface area contributed by atoms with Gasteiger partial charge in [-0.05, 0) is 12.1 Å². The van der Waals surface area contributed by atoms with Gasteiger partial charge in [0.15, 0.2) is 0 Å². The summed E-state index contributed by atoms with van der Waals surface area (Å²) in [6, 6.07) is 5.56. The van der Waals surface area contributed by atoms with Crippen LogP contribution in [0.2, 0.25) is 0 Å². The molecule has 1 aromatic carbocycles. The monoisotopic (exact) mass is 222 g/mol. The van der Waals surface area contributed by atoms with Crippen molar-refractivity contribution in [2.45, 2.75) is 19.7 Å². The summed E-state index contributed by atoms with van der Waals surface area (Å²) in [7, 11) is 1.61. The molecule has 16 heavy (non-hydrogen) atoms. The maximum Gasteiger partial charge on any atom is 0.306 e. The van der Waals surface area contributed by atoms with E-state index in [1.165, 1.54) is 6.92 Å². The number of benzene rings is 1. The van der Waals surface area contributed by atoms with Crippen LogP contribution in [0, 0.1) is 0 Å². The molecule has 0 saturated carbocycles. The molecule has 0 radical (unpaired) electrons. The third kappa shape index (κ3) is 1.88. The molecular weight excluding hydrogens is 208 g/mol. The van der Waals surface area contributed by atoms with Gasteiger partial charge in [0.2, 0.25) is 0 Å². The van der Waals surface area contributed by atoms with E-state index in [2.05, 4.69) is 10.6 Å². The summed E-state index contributed by atoms with van der Waals surface area (Å²) in [5.41, 5.74) is 1.73. The third-order valence-electron chi connectivity index (χ3n) is 2.32. The van der Waals surface area contributed by atoms with Gasteiger partial charge in [-0.2, -0.15) is 0 Å². The molecule has 1 atom stereocenters. The van der Waals surface area contributed by atoms with E-state index >= 15 is 0 Å². The molecule has 2 rings (SSSR count). The Bertz CT molecular complexity index is 433. The molecule has 0 aromatic heterocycles. The highest BCUT2D eigenvalue weighted by atomic mass is 16.6. The largest absolute Gasteiger partial charge is 0.497 e. The second-order valence-electron chi connectivity index (χ2n) is 3.79. The minimum atomic E-state index is -0.888. The highest BCUT2D eigenvalue weighted by molar-refractivity contribution is 5.78. The lowest BCUT2D eigenvalue weighted by Gasteiger charge is -2.24. The van der Waals surface area contributed by atoms with Gasteiger partial charge in [0, 0.05) is 19.9 Å². The van der Waals surface area contributed by atoms with Crippen LogP contribution in [0.5, 0.6) is 5.75 Å². The maximum atomic E-state index is 11.0. The summed E-state index contributed by atoms with van der Waals surface area (Å²) < 4.78 is 10.3. The van der Waals surface area contributed by atoms with Gasteiger partial charge in [0.1, 0.15) is 5.75 Å². The predicted octanol–water partition coefficient (Wildman–Crippen LogP) is 1.77. The Morgan fingerprint density at radius 1 is 1.31 bits per heavy atom. The molecule has 86 valence electrons. The second kappa shape index (κ2) is 3.59. The molecule has 5 nitrogen and oxygen atoms in total. The van der Waals surface area contributed by atoms with Crippen LogP contribution < -0.4 is 15.4 Å². The smallest absolute Gasteiger partial charge is 0.306 e. The SMILES string of the molecule is COc1ccc2c(c1)NC(C)(OC(C)=O)N2. The van der Waals surface area contributed by atoms with Crippen molar-refractivity contribution in [2.75, 3.05) is 17.7 Å². The van der Waals surface area contributed by atoms with Crippen LogP contribution >= 0.6 is 0 Å². The molecule has 1 aliphatic rings. The van der Waals surface area contributed by atoms with Crippen molar-refractivity contribution in [3.63, 3.8) is 0 Å². The number of carbonyl (C=O) groups excluding carboxylic acids is 1. The molecule has 1 heterocycles. The van der Waals surface area contributed by atoms with Gasteiger partial charge in [-0.25, -0.2) is 0 Å². The van der Waals surface area contributed by atoms with Crippen molar-refractivity contribution in [1.29, 1.82) is 0 Å². The van der Waals surface area contributed by atoms with Gasteiger partial charge in [-0.1, -0.05) is 0 Å². The summed E-state index contributed by atoms with van der Waals surface area (Å²) in [5.74, 6) is -0.483. The predicted molar refractivity (Wildman–Crippen MR) is 60.4 cm³/mol. The summed E-state index contributed by atoms with van der Waals surface area (Å²) in [6.07, 6.45) is 0. The Balaban J connectivity index is 2.23. The number of nitrogens with one attached hydrogen (secondary N) is 2. The lowest BCUT2D eigenvalue weighted by atomic mass is 10.2. The fourth-order valence-corrected chi connectivity index (χ4v) is 1.75. The fourth-order valence-electron chi connectivity index (χ4n) is 1.75. The summed E-state index contributed by atoms with van der Waals surface area (Å²) in [6.45, 7) is 3.12. The van der Waals surface area contributed by atoms with Crippen LogP contribution in [0.1, 0.15) is 13.8 Å². The first-order valence-electron chi connectivity index (χ1n) is 4.96. The molecule has 1 aromatic rings. The number of hydrogen-bond donors (Lipinski definition) is 2. The zero-order valence-electron chi connectivity index (χ0n) is 9.46. The van der Waals surface area contributed by atoms with E-state index in [4.69, 9.17) is 9.47 Å². The number of esters is 1. The zero-order valence-corrected chi connectivity index (χ0v) is 9.46. The Labute approximate surface area is 93.7 Å². The van der Waals surface area contributed by atoms with Crippen molar-refractivity contribution in [3.8, 4) is 5.75 Å². The third-order valence-corrected chi connectivity index (χ3v) is 2.32. The van der Waals surface area contributed by atoms with Gasteiger partial charge in [0.25, 0.3) is 5.85 Å². The molecule has 0 aliphatic carbocycles. The normalized spacial score (nSPS) is 21.7. The van der Waals surface area contributed by atoms with Crippen LogP contribution in [0.25, 0.3) is 0 Å². The molecule has 5 heteroatoms. The van der Waals surface area contributed by atoms with Crippen molar-refractivity contribution in [1.82, 2.24) is 0 Å². The van der Waals surface area contributed by atoms with E-state index in [1.54, 1.807) is 14.0 Å². The molecular formula is C11H14N2O3. The Morgan fingerprint density at radius 2 is 2.00 bits per heavy atom. The number of carbonyl (C=O) groups is 1. The lowest BCUT2D eigenvalue weighted by molar-refractivity contribution is -0.150. The first-order chi connectivity index (χ1) is 7.52. The molecule has 0 saturated heterocycles. The van der Waals surface area contributed by atoms with Crippen molar-refractivity contribution < 1.29 is 14.3 Å². The van der Waals surface area contributed by atoms with Crippen LogP contribution in [0.15, 0.2) is 18.2 Å². The fraction of sp³-hybridized carbons (Fsp3) is 0.364. The molecule has 1 aliphatic heterocycles. The van der Waals surface area contributed by atoms with E-state index < -0.39 is 5.85 Å². The molecule has 1 unspecified atom stereocenters. The summed E-state index contributed by atoms with van der Waals surface area (Å²) >= 11 is 0. The molecule has 0 fully saturated rings. The standard InChI is InChI=1S/C11H14N2O3/c1-7(14)16-11(2)12-9-5-4-8(15-3)6-10(9)13-11/h4-6,12-13H,1-3H3. The molecule has 2 N–H and O–H groups in total. The molecule has 0 amide bonds. The first kappa shape index (κ1) is 10.6. The topological polar surface area (TPSA) is 59.6 Å². The molecule has 0 bridgehead atoms. The van der Waals surface area contributed by atoms with E-state index in [-0.39, 0.29) is 5.97 Å². The number of hydrogen-bond acceptors (Lipinski definition) is 5. The minimum Gasteiger partial charge on any atom is -0.497 e. The highest BCUT2D eigenvalue weighted by Gasteiger charge is 2.34. The Kier molecular flexibility index (Phi) is 2.38. The van der Waals surface area contributed by atoms with E-state index in [0.717, 1.165) is 17.1 Å². The molecule has 0 spiro atoms. The van der Waals surface area contributed by atoms with Gasteiger partial charge in [-0.3, -0.25) is 4.79 Å². The maximum absolute atomic E-state index is 11.0. The van der Waals surface area contributed by atoms with Crippen molar-refractivity contribution in [3.05, 3.63) is 18.2 Å². The van der Waals surface area contributed by atoms with Crippen LogP contribution in [0.3, 0.4) is 0 Å².